The molecule has 1 saturated heterocycles. The predicted molar refractivity (Wildman–Crippen MR) is 83.3 cm³/mol. The fourth-order valence-corrected chi connectivity index (χ4v) is 2.67. The second kappa shape index (κ2) is 5.79. The Hall–Kier alpha value is -2.37. The van der Waals surface area contributed by atoms with Gasteiger partial charge in [0.1, 0.15) is 17.6 Å². The van der Waals surface area contributed by atoms with Crippen LogP contribution in [0.25, 0.3) is 5.52 Å². The van der Waals surface area contributed by atoms with Gasteiger partial charge in [0, 0.05) is 19.3 Å². The monoisotopic (exact) mass is 295 g/mol. The number of morpholine rings is 1. The summed E-state index contributed by atoms with van der Waals surface area (Å²) in [5.74, 6) is 1.39. The quantitative estimate of drug-likeness (QED) is 0.807. The van der Waals surface area contributed by atoms with Crippen LogP contribution >= 0.6 is 0 Å². The van der Waals surface area contributed by atoms with Crippen molar-refractivity contribution in [3.63, 3.8) is 0 Å². The summed E-state index contributed by atoms with van der Waals surface area (Å²) < 4.78 is 13.7. The van der Waals surface area contributed by atoms with Gasteiger partial charge in [-0.1, -0.05) is 18.2 Å². The minimum atomic E-state index is 0.0797. The van der Waals surface area contributed by atoms with E-state index in [9.17, 15) is 0 Å². The van der Waals surface area contributed by atoms with Crippen LogP contribution in [0.3, 0.4) is 0 Å². The van der Waals surface area contributed by atoms with Crippen molar-refractivity contribution in [2.45, 2.75) is 6.10 Å². The fraction of sp³-hybridized carbons (Fsp3) is 0.235. The molecule has 3 aromatic rings. The molecule has 0 saturated carbocycles. The molecule has 1 aliphatic heterocycles. The summed E-state index contributed by atoms with van der Waals surface area (Å²) in [6.07, 6.45) is 3.78. The van der Waals surface area contributed by atoms with E-state index in [4.69, 9.17) is 9.47 Å². The smallest absolute Gasteiger partial charge is 0.245 e. The van der Waals surface area contributed by atoms with E-state index in [1.165, 1.54) is 0 Å². The van der Waals surface area contributed by atoms with Crippen LogP contribution in [0.2, 0.25) is 0 Å². The van der Waals surface area contributed by atoms with Crippen LogP contribution < -0.4 is 10.1 Å². The van der Waals surface area contributed by atoms with E-state index in [1.54, 1.807) is 6.33 Å². The highest BCUT2D eigenvalue weighted by molar-refractivity contribution is 5.57. The first-order valence-corrected chi connectivity index (χ1v) is 7.42. The molecule has 1 unspecified atom stereocenters. The van der Waals surface area contributed by atoms with E-state index in [2.05, 4.69) is 16.4 Å². The van der Waals surface area contributed by atoms with Crippen molar-refractivity contribution in [3.8, 4) is 11.6 Å². The lowest BCUT2D eigenvalue weighted by Crippen LogP contribution is -2.33. The molecular formula is C17H17N3O2. The Bertz CT molecular complexity index is 778. The number of imidazole rings is 1. The molecule has 1 aromatic carbocycles. The van der Waals surface area contributed by atoms with Gasteiger partial charge in [-0.05, 0) is 29.8 Å². The number of nitrogens with one attached hydrogen (secondary N) is 1. The maximum absolute atomic E-state index is 5.96. The third-order valence-corrected chi connectivity index (χ3v) is 3.78. The number of nitrogens with zero attached hydrogens (tertiary/aromatic N) is 2. The number of benzene rings is 1. The van der Waals surface area contributed by atoms with Crippen LogP contribution in [0.5, 0.6) is 11.6 Å². The van der Waals surface area contributed by atoms with Gasteiger partial charge in [-0.2, -0.15) is 0 Å². The van der Waals surface area contributed by atoms with E-state index < -0.39 is 0 Å². The number of hydrogen-bond donors (Lipinski definition) is 1. The first-order valence-electron chi connectivity index (χ1n) is 7.42. The Morgan fingerprint density at radius 2 is 2.23 bits per heavy atom. The van der Waals surface area contributed by atoms with Crippen LogP contribution in [-0.4, -0.2) is 29.1 Å². The van der Waals surface area contributed by atoms with E-state index in [0.717, 1.165) is 36.5 Å². The lowest BCUT2D eigenvalue weighted by atomic mass is 10.1. The average molecular weight is 295 g/mol. The first kappa shape index (κ1) is 13.3. The van der Waals surface area contributed by atoms with Crippen molar-refractivity contribution in [2.75, 3.05) is 19.7 Å². The SMILES string of the molecule is c1cc(Oc2ncn3ccccc23)cc(C2CNCCO2)c1. The minimum Gasteiger partial charge on any atom is -0.437 e. The normalized spacial score (nSPS) is 18.5. The molecule has 1 N–H and O–H groups in total. The second-order valence-electron chi connectivity index (χ2n) is 5.28. The molecule has 0 bridgehead atoms. The molecule has 1 aliphatic rings. The van der Waals surface area contributed by atoms with Crippen LogP contribution in [0.15, 0.2) is 55.0 Å². The van der Waals surface area contributed by atoms with Crippen molar-refractivity contribution >= 4 is 5.52 Å². The number of aromatic nitrogens is 2. The van der Waals surface area contributed by atoms with Gasteiger partial charge in [0.15, 0.2) is 0 Å². The molecular weight excluding hydrogens is 278 g/mol. The Labute approximate surface area is 128 Å². The molecule has 0 aliphatic carbocycles. The van der Waals surface area contributed by atoms with Crippen molar-refractivity contribution in [1.82, 2.24) is 14.7 Å². The summed E-state index contributed by atoms with van der Waals surface area (Å²) in [6, 6.07) is 13.9. The molecule has 0 spiro atoms. The Morgan fingerprint density at radius 3 is 3.14 bits per heavy atom. The molecule has 0 amide bonds. The lowest BCUT2D eigenvalue weighted by molar-refractivity contribution is 0.0276. The lowest BCUT2D eigenvalue weighted by Gasteiger charge is -2.24. The number of fused-ring (bicyclic) bond motifs is 1. The number of pyridine rings is 1. The zero-order chi connectivity index (χ0) is 14.8. The largest absolute Gasteiger partial charge is 0.437 e. The minimum absolute atomic E-state index is 0.0797. The standard InChI is InChI=1S/C17H17N3O2/c1-2-8-20-12-19-17(15(20)6-1)22-14-5-3-4-13(10-14)16-11-18-7-9-21-16/h1-6,8,10,12,16,18H,7,9,11H2. The third kappa shape index (κ3) is 2.56. The van der Waals surface area contributed by atoms with Crippen molar-refractivity contribution in [2.24, 2.45) is 0 Å². The maximum Gasteiger partial charge on any atom is 0.245 e. The summed E-state index contributed by atoms with van der Waals surface area (Å²) in [4.78, 5) is 4.33. The molecule has 1 fully saturated rings. The molecule has 5 heteroatoms. The number of rotatable bonds is 3. The van der Waals surface area contributed by atoms with Crippen LogP contribution in [-0.2, 0) is 4.74 Å². The van der Waals surface area contributed by atoms with Gasteiger partial charge in [-0.25, -0.2) is 4.98 Å². The van der Waals surface area contributed by atoms with Crippen molar-refractivity contribution < 1.29 is 9.47 Å². The summed E-state index contributed by atoms with van der Waals surface area (Å²) in [5, 5.41) is 3.34. The zero-order valence-corrected chi connectivity index (χ0v) is 12.1. The van der Waals surface area contributed by atoms with Gasteiger partial charge < -0.3 is 19.2 Å². The van der Waals surface area contributed by atoms with Gasteiger partial charge >= 0.3 is 0 Å². The molecule has 0 radical (unpaired) electrons. The summed E-state index contributed by atoms with van der Waals surface area (Å²) in [7, 11) is 0. The van der Waals surface area contributed by atoms with Gasteiger partial charge in [-0.3, -0.25) is 0 Å². The van der Waals surface area contributed by atoms with Gasteiger partial charge in [0.2, 0.25) is 5.88 Å². The zero-order valence-electron chi connectivity index (χ0n) is 12.1. The van der Waals surface area contributed by atoms with E-state index >= 15 is 0 Å². The predicted octanol–water partition coefficient (Wildman–Crippen LogP) is 2.79. The maximum atomic E-state index is 5.96. The van der Waals surface area contributed by atoms with Gasteiger partial charge in [-0.15, -0.1) is 0 Å². The highest BCUT2D eigenvalue weighted by Crippen LogP contribution is 2.28. The topological polar surface area (TPSA) is 47.8 Å². The molecule has 1 atom stereocenters. The summed E-state index contributed by atoms with van der Waals surface area (Å²) in [6.45, 7) is 2.48. The molecule has 22 heavy (non-hydrogen) atoms. The molecule has 2 aromatic heterocycles. The van der Waals surface area contributed by atoms with E-state index in [1.807, 2.05) is 47.0 Å². The summed E-state index contributed by atoms with van der Waals surface area (Å²) in [5.41, 5.74) is 2.07. The molecule has 5 nitrogen and oxygen atoms in total. The fourth-order valence-electron chi connectivity index (χ4n) is 2.67. The van der Waals surface area contributed by atoms with Crippen LogP contribution in [0.1, 0.15) is 11.7 Å². The average Bonchev–Trinajstić information content (AvgIpc) is 2.99. The van der Waals surface area contributed by atoms with Crippen LogP contribution in [0.4, 0.5) is 0 Å². The van der Waals surface area contributed by atoms with Crippen molar-refractivity contribution in [3.05, 3.63) is 60.6 Å². The van der Waals surface area contributed by atoms with Crippen molar-refractivity contribution in [1.29, 1.82) is 0 Å². The molecule has 4 rings (SSSR count). The second-order valence-corrected chi connectivity index (χ2v) is 5.28. The van der Waals surface area contributed by atoms with E-state index in [0.29, 0.717) is 5.88 Å². The highest BCUT2D eigenvalue weighted by Gasteiger charge is 2.16. The third-order valence-electron chi connectivity index (χ3n) is 3.78. The van der Waals surface area contributed by atoms with E-state index in [-0.39, 0.29) is 6.10 Å². The molecule has 3 heterocycles. The van der Waals surface area contributed by atoms with Gasteiger partial charge in [0.25, 0.3) is 0 Å². The Balaban J connectivity index is 1.60. The van der Waals surface area contributed by atoms with Gasteiger partial charge in [0.05, 0.1) is 12.7 Å². The van der Waals surface area contributed by atoms with Crippen LogP contribution in [0, 0.1) is 0 Å². The Morgan fingerprint density at radius 1 is 1.23 bits per heavy atom. The number of ether oxygens (including phenoxy) is 2. The molecule has 112 valence electrons. The first-order chi connectivity index (χ1) is 10.9. The summed E-state index contributed by atoms with van der Waals surface area (Å²) >= 11 is 0. The number of hydrogen-bond acceptors (Lipinski definition) is 4. The Kier molecular flexibility index (Phi) is 3.50. The highest BCUT2D eigenvalue weighted by atomic mass is 16.5.